The fourth-order valence-corrected chi connectivity index (χ4v) is 3.34. The third-order valence-corrected chi connectivity index (χ3v) is 4.54. The molecule has 0 radical (unpaired) electrons. The van der Waals surface area contributed by atoms with Crippen LogP contribution in [0.2, 0.25) is 0 Å². The summed E-state index contributed by atoms with van der Waals surface area (Å²) in [6, 6.07) is 11.0. The van der Waals surface area contributed by atoms with E-state index in [0.717, 1.165) is 17.2 Å². The van der Waals surface area contributed by atoms with Gasteiger partial charge in [-0.2, -0.15) is 4.98 Å². The van der Waals surface area contributed by atoms with Gasteiger partial charge in [0.2, 0.25) is 5.95 Å². The van der Waals surface area contributed by atoms with Gasteiger partial charge in [-0.3, -0.25) is 0 Å². The minimum atomic E-state index is 0.0678. The molecule has 4 nitrogen and oxygen atoms in total. The van der Waals surface area contributed by atoms with E-state index in [1.165, 1.54) is 31.2 Å². The van der Waals surface area contributed by atoms with Crippen molar-refractivity contribution in [2.45, 2.75) is 64.8 Å². The number of para-hydroxylation sites is 1. The molecule has 1 aliphatic rings. The molecule has 0 amide bonds. The van der Waals surface area contributed by atoms with Crippen LogP contribution < -0.4 is 10.6 Å². The first-order valence-corrected chi connectivity index (χ1v) is 8.90. The molecule has 1 heterocycles. The molecular formula is C20H28N4. The van der Waals surface area contributed by atoms with Crippen molar-refractivity contribution in [2.24, 2.45) is 0 Å². The van der Waals surface area contributed by atoms with Crippen LogP contribution in [-0.4, -0.2) is 16.0 Å². The highest BCUT2D eigenvalue weighted by atomic mass is 15.2. The van der Waals surface area contributed by atoms with Crippen LogP contribution in [0.1, 0.15) is 57.7 Å². The predicted molar refractivity (Wildman–Crippen MR) is 101 cm³/mol. The largest absolute Gasteiger partial charge is 0.367 e. The zero-order valence-corrected chi connectivity index (χ0v) is 15.2. The Bertz CT molecular complexity index is 697. The lowest BCUT2D eigenvalue weighted by molar-refractivity contribution is 0.592. The lowest BCUT2D eigenvalue weighted by Gasteiger charge is -2.23. The number of hydrogen-bond acceptors (Lipinski definition) is 4. The molecule has 128 valence electrons. The Morgan fingerprint density at radius 3 is 2.46 bits per heavy atom. The SMILES string of the molecule is Cc1cc(NC2CCCC2)nc(Nc2ccccc2C(C)(C)C)n1. The monoisotopic (exact) mass is 324 g/mol. The first kappa shape index (κ1) is 16.7. The smallest absolute Gasteiger partial charge is 0.229 e. The molecule has 4 heteroatoms. The molecule has 0 atom stereocenters. The fraction of sp³-hybridized carbons (Fsp3) is 0.500. The zero-order chi connectivity index (χ0) is 17.2. The van der Waals surface area contributed by atoms with Gasteiger partial charge in [0.15, 0.2) is 0 Å². The number of nitrogens with zero attached hydrogens (tertiary/aromatic N) is 2. The number of aryl methyl sites for hydroxylation is 1. The molecule has 2 aromatic rings. The van der Waals surface area contributed by atoms with Crippen LogP contribution >= 0.6 is 0 Å². The normalized spacial score (nSPS) is 15.5. The van der Waals surface area contributed by atoms with Crippen molar-refractivity contribution in [1.82, 2.24) is 9.97 Å². The second kappa shape index (κ2) is 6.80. The summed E-state index contributed by atoms with van der Waals surface area (Å²) in [4.78, 5) is 9.25. The Hall–Kier alpha value is -2.10. The first-order valence-electron chi connectivity index (χ1n) is 8.90. The van der Waals surface area contributed by atoms with E-state index < -0.39 is 0 Å². The van der Waals surface area contributed by atoms with Crippen molar-refractivity contribution in [3.05, 3.63) is 41.6 Å². The number of hydrogen-bond donors (Lipinski definition) is 2. The standard InChI is InChI=1S/C20H28N4/c1-14-13-18(22-15-9-5-6-10-15)24-19(21-14)23-17-12-8-7-11-16(17)20(2,3)4/h7-8,11-13,15H,5-6,9-10H2,1-4H3,(H2,21,22,23,24). The van der Waals surface area contributed by atoms with Crippen LogP contribution in [0, 0.1) is 6.92 Å². The van der Waals surface area contributed by atoms with Crippen LogP contribution in [0.4, 0.5) is 17.5 Å². The third kappa shape index (κ3) is 4.05. The van der Waals surface area contributed by atoms with Crippen molar-refractivity contribution in [2.75, 3.05) is 10.6 Å². The average Bonchev–Trinajstić information content (AvgIpc) is 2.99. The second-order valence-corrected chi connectivity index (χ2v) is 7.76. The molecule has 0 unspecified atom stereocenters. The molecular weight excluding hydrogens is 296 g/mol. The molecule has 1 fully saturated rings. The van der Waals surface area contributed by atoms with Gasteiger partial charge in [-0.15, -0.1) is 0 Å². The highest BCUT2D eigenvalue weighted by Crippen LogP contribution is 2.31. The van der Waals surface area contributed by atoms with Crippen molar-refractivity contribution in [3.63, 3.8) is 0 Å². The molecule has 1 saturated carbocycles. The van der Waals surface area contributed by atoms with E-state index >= 15 is 0 Å². The maximum Gasteiger partial charge on any atom is 0.229 e. The summed E-state index contributed by atoms with van der Waals surface area (Å²) >= 11 is 0. The molecule has 24 heavy (non-hydrogen) atoms. The molecule has 1 aromatic carbocycles. The predicted octanol–water partition coefficient (Wildman–Crippen LogP) is 5.18. The number of nitrogens with one attached hydrogen (secondary N) is 2. The van der Waals surface area contributed by atoms with E-state index in [4.69, 9.17) is 0 Å². The van der Waals surface area contributed by atoms with Crippen LogP contribution in [0.3, 0.4) is 0 Å². The van der Waals surface area contributed by atoms with Gasteiger partial charge in [0, 0.05) is 23.5 Å². The highest BCUT2D eigenvalue weighted by molar-refractivity contribution is 5.61. The zero-order valence-electron chi connectivity index (χ0n) is 15.2. The maximum absolute atomic E-state index is 4.68. The van der Waals surface area contributed by atoms with Gasteiger partial charge in [0.25, 0.3) is 0 Å². The van der Waals surface area contributed by atoms with E-state index in [0.29, 0.717) is 12.0 Å². The summed E-state index contributed by atoms with van der Waals surface area (Å²) < 4.78 is 0. The molecule has 0 spiro atoms. The van der Waals surface area contributed by atoms with Crippen molar-refractivity contribution >= 4 is 17.5 Å². The summed E-state index contributed by atoms with van der Waals surface area (Å²) in [6.45, 7) is 8.68. The van der Waals surface area contributed by atoms with Crippen LogP contribution in [0.5, 0.6) is 0 Å². The van der Waals surface area contributed by atoms with Crippen LogP contribution in [-0.2, 0) is 5.41 Å². The second-order valence-electron chi connectivity index (χ2n) is 7.76. The van der Waals surface area contributed by atoms with Gasteiger partial charge in [-0.25, -0.2) is 4.98 Å². The van der Waals surface area contributed by atoms with Gasteiger partial charge in [0.05, 0.1) is 0 Å². The van der Waals surface area contributed by atoms with Crippen molar-refractivity contribution in [1.29, 1.82) is 0 Å². The summed E-state index contributed by atoms with van der Waals surface area (Å²) in [7, 11) is 0. The quantitative estimate of drug-likeness (QED) is 0.813. The Labute approximate surface area is 145 Å². The Morgan fingerprint density at radius 1 is 1.04 bits per heavy atom. The van der Waals surface area contributed by atoms with Crippen molar-refractivity contribution < 1.29 is 0 Å². The van der Waals surface area contributed by atoms with Gasteiger partial charge in [-0.05, 0) is 36.8 Å². The van der Waals surface area contributed by atoms with Gasteiger partial charge in [-0.1, -0.05) is 51.8 Å². The number of aromatic nitrogens is 2. The topological polar surface area (TPSA) is 49.8 Å². The Balaban J connectivity index is 1.84. The fourth-order valence-electron chi connectivity index (χ4n) is 3.34. The summed E-state index contributed by atoms with van der Waals surface area (Å²) in [5.74, 6) is 1.58. The lowest BCUT2D eigenvalue weighted by atomic mass is 9.86. The number of rotatable bonds is 4. The Morgan fingerprint density at radius 2 is 1.75 bits per heavy atom. The molecule has 2 N–H and O–H groups in total. The highest BCUT2D eigenvalue weighted by Gasteiger charge is 2.19. The Kier molecular flexibility index (Phi) is 4.74. The summed E-state index contributed by atoms with van der Waals surface area (Å²) in [5.41, 5.74) is 3.38. The number of benzene rings is 1. The van der Waals surface area contributed by atoms with Gasteiger partial charge >= 0.3 is 0 Å². The summed E-state index contributed by atoms with van der Waals surface area (Å²) in [5, 5.41) is 6.98. The minimum Gasteiger partial charge on any atom is -0.367 e. The lowest BCUT2D eigenvalue weighted by Crippen LogP contribution is -2.17. The molecule has 1 aromatic heterocycles. The number of anilines is 3. The molecule has 0 bridgehead atoms. The van der Waals surface area contributed by atoms with E-state index in [2.05, 4.69) is 59.6 Å². The van der Waals surface area contributed by atoms with Crippen LogP contribution in [0.15, 0.2) is 30.3 Å². The van der Waals surface area contributed by atoms with Gasteiger partial charge < -0.3 is 10.6 Å². The van der Waals surface area contributed by atoms with Crippen LogP contribution in [0.25, 0.3) is 0 Å². The molecule has 0 saturated heterocycles. The van der Waals surface area contributed by atoms with E-state index in [1.54, 1.807) is 0 Å². The van der Waals surface area contributed by atoms with E-state index in [1.807, 2.05) is 19.1 Å². The molecule has 0 aliphatic heterocycles. The first-order chi connectivity index (χ1) is 11.4. The minimum absolute atomic E-state index is 0.0678. The molecule has 1 aliphatic carbocycles. The third-order valence-electron chi connectivity index (χ3n) is 4.54. The average molecular weight is 324 g/mol. The van der Waals surface area contributed by atoms with E-state index in [-0.39, 0.29) is 5.41 Å². The van der Waals surface area contributed by atoms with E-state index in [9.17, 15) is 0 Å². The van der Waals surface area contributed by atoms with Crippen molar-refractivity contribution in [3.8, 4) is 0 Å². The van der Waals surface area contributed by atoms with Gasteiger partial charge in [0.1, 0.15) is 5.82 Å². The maximum atomic E-state index is 4.68. The molecule has 3 rings (SSSR count). The summed E-state index contributed by atoms with van der Waals surface area (Å²) in [6.07, 6.45) is 5.09.